The maximum Gasteiger partial charge on any atom is 0.416 e. The minimum atomic E-state index is -0.561. The molecule has 1 fully saturated rings. The molecule has 2 rings (SSSR count). The summed E-state index contributed by atoms with van der Waals surface area (Å²) < 4.78 is 5.50. The number of hydrogen-bond acceptors (Lipinski definition) is 5. The number of nitrogens with zero attached hydrogens (tertiary/aromatic N) is 3. The van der Waals surface area contributed by atoms with Gasteiger partial charge in [-0.2, -0.15) is 0 Å². The number of piperidine rings is 1. The minimum Gasteiger partial charge on any atom is -0.443 e. The summed E-state index contributed by atoms with van der Waals surface area (Å²) in [5, 5.41) is 3.54. The highest BCUT2D eigenvalue weighted by molar-refractivity contribution is 6.29. The lowest BCUT2D eigenvalue weighted by atomic mass is 10.1. The lowest BCUT2D eigenvalue weighted by molar-refractivity contribution is 0.0558. The zero-order valence-corrected chi connectivity index (χ0v) is 13.4. The topological polar surface area (TPSA) is 67.3 Å². The van der Waals surface area contributed by atoms with Crippen molar-refractivity contribution in [2.75, 3.05) is 18.0 Å². The van der Waals surface area contributed by atoms with Crippen LogP contribution in [-0.2, 0) is 4.74 Å². The van der Waals surface area contributed by atoms with Crippen LogP contribution >= 0.6 is 11.6 Å². The van der Waals surface area contributed by atoms with Crippen molar-refractivity contribution < 1.29 is 9.53 Å². The van der Waals surface area contributed by atoms with Crippen LogP contribution in [0.2, 0.25) is 5.15 Å². The van der Waals surface area contributed by atoms with Crippen LogP contribution in [-0.4, -0.2) is 40.8 Å². The maximum absolute atomic E-state index is 12.5. The van der Waals surface area contributed by atoms with Crippen LogP contribution in [0.4, 0.5) is 10.6 Å². The van der Waals surface area contributed by atoms with Crippen LogP contribution in [0.5, 0.6) is 0 Å². The molecule has 0 aliphatic carbocycles. The summed E-state index contributed by atoms with van der Waals surface area (Å²) in [6.07, 6.45) is 4.25. The SMILES string of the molecule is CC(C)(C)OC(=O)N(c1cncc(Cl)n1)C1CCNCC1. The van der Waals surface area contributed by atoms with E-state index >= 15 is 0 Å². The molecule has 0 saturated carbocycles. The van der Waals surface area contributed by atoms with Gasteiger partial charge in [0.05, 0.1) is 12.4 Å². The van der Waals surface area contributed by atoms with Crippen molar-refractivity contribution in [2.24, 2.45) is 0 Å². The molecule has 0 radical (unpaired) electrons. The number of nitrogens with one attached hydrogen (secondary N) is 1. The first-order chi connectivity index (χ1) is 9.87. The van der Waals surface area contributed by atoms with Crippen molar-refractivity contribution in [1.82, 2.24) is 15.3 Å². The van der Waals surface area contributed by atoms with Gasteiger partial charge in [0.1, 0.15) is 10.8 Å². The maximum atomic E-state index is 12.5. The summed E-state index contributed by atoms with van der Waals surface area (Å²) in [6, 6.07) is 0.0360. The summed E-state index contributed by atoms with van der Waals surface area (Å²) in [6.45, 7) is 7.25. The van der Waals surface area contributed by atoms with E-state index < -0.39 is 11.7 Å². The lowest BCUT2D eigenvalue weighted by Gasteiger charge is -2.34. The van der Waals surface area contributed by atoms with Gasteiger partial charge in [-0.3, -0.25) is 9.88 Å². The van der Waals surface area contributed by atoms with Gasteiger partial charge < -0.3 is 10.1 Å². The van der Waals surface area contributed by atoms with E-state index in [4.69, 9.17) is 16.3 Å². The fraction of sp³-hybridized carbons (Fsp3) is 0.643. The molecule has 21 heavy (non-hydrogen) atoms. The molecule has 0 aromatic carbocycles. The van der Waals surface area contributed by atoms with Crippen LogP contribution in [0.15, 0.2) is 12.4 Å². The highest BCUT2D eigenvalue weighted by Gasteiger charge is 2.31. The van der Waals surface area contributed by atoms with Crippen molar-refractivity contribution in [2.45, 2.75) is 45.3 Å². The van der Waals surface area contributed by atoms with E-state index in [0.29, 0.717) is 5.82 Å². The molecule has 1 aromatic rings. The van der Waals surface area contributed by atoms with Gasteiger partial charge in [-0.05, 0) is 46.7 Å². The van der Waals surface area contributed by atoms with E-state index in [-0.39, 0.29) is 11.2 Å². The van der Waals surface area contributed by atoms with Crippen LogP contribution in [0.1, 0.15) is 33.6 Å². The zero-order chi connectivity index (χ0) is 15.5. The molecule has 116 valence electrons. The predicted octanol–water partition coefficient (Wildman–Crippen LogP) is 2.62. The number of rotatable bonds is 2. The molecule has 7 heteroatoms. The van der Waals surface area contributed by atoms with Crippen LogP contribution < -0.4 is 10.2 Å². The second-order valence-electron chi connectivity index (χ2n) is 6.03. The minimum absolute atomic E-state index is 0.0360. The first kappa shape index (κ1) is 16.0. The molecular formula is C14H21ClN4O2. The summed E-state index contributed by atoms with van der Waals surface area (Å²) in [4.78, 5) is 22.3. The van der Waals surface area contributed by atoms with Gasteiger partial charge in [0.25, 0.3) is 0 Å². The normalized spacial score (nSPS) is 16.6. The lowest BCUT2D eigenvalue weighted by Crippen LogP contribution is -2.48. The molecule has 2 heterocycles. The zero-order valence-electron chi connectivity index (χ0n) is 12.6. The molecule has 0 unspecified atom stereocenters. The fourth-order valence-corrected chi connectivity index (χ4v) is 2.40. The summed E-state index contributed by atoms with van der Waals surface area (Å²) in [5.74, 6) is 0.434. The van der Waals surface area contributed by atoms with E-state index in [0.717, 1.165) is 25.9 Å². The van der Waals surface area contributed by atoms with Gasteiger partial charge in [-0.1, -0.05) is 11.6 Å². The summed E-state index contributed by atoms with van der Waals surface area (Å²) in [7, 11) is 0. The summed E-state index contributed by atoms with van der Waals surface area (Å²) >= 11 is 5.90. The Bertz CT molecular complexity index is 498. The molecule has 6 nitrogen and oxygen atoms in total. The number of carbonyl (C=O) groups excluding carboxylic acids is 1. The van der Waals surface area contributed by atoms with Gasteiger partial charge in [-0.15, -0.1) is 0 Å². The van der Waals surface area contributed by atoms with E-state index in [1.165, 1.54) is 12.4 Å². The molecule has 0 atom stereocenters. The standard InChI is InChI=1S/C14H21ClN4O2/c1-14(2,3)21-13(20)19(10-4-6-16-7-5-10)12-9-17-8-11(15)18-12/h8-10,16H,4-7H2,1-3H3. The first-order valence-corrected chi connectivity index (χ1v) is 7.45. The molecular weight excluding hydrogens is 292 g/mol. The van der Waals surface area contributed by atoms with E-state index in [1.54, 1.807) is 4.90 Å². The number of aromatic nitrogens is 2. The summed E-state index contributed by atoms with van der Waals surface area (Å²) in [5.41, 5.74) is -0.561. The average molecular weight is 313 g/mol. The number of carbonyl (C=O) groups is 1. The molecule has 1 aliphatic rings. The third-order valence-corrected chi connectivity index (χ3v) is 3.29. The quantitative estimate of drug-likeness (QED) is 0.909. The van der Waals surface area contributed by atoms with Crippen molar-refractivity contribution in [1.29, 1.82) is 0 Å². The van der Waals surface area contributed by atoms with Gasteiger partial charge in [0, 0.05) is 6.04 Å². The van der Waals surface area contributed by atoms with Gasteiger partial charge >= 0.3 is 6.09 Å². The molecule has 1 N–H and O–H groups in total. The van der Waals surface area contributed by atoms with E-state index in [2.05, 4.69) is 15.3 Å². The molecule has 1 saturated heterocycles. The Morgan fingerprint density at radius 3 is 2.62 bits per heavy atom. The Labute approximate surface area is 129 Å². The number of ether oxygens (including phenoxy) is 1. The largest absolute Gasteiger partial charge is 0.443 e. The molecule has 0 bridgehead atoms. The smallest absolute Gasteiger partial charge is 0.416 e. The Morgan fingerprint density at radius 2 is 2.05 bits per heavy atom. The first-order valence-electron chi connectivity index (χ1n) is 7.07. The Balaban J connectivity index is 2.27. The van der Waals surface area contributed by atoms with Crippen molar-refractivity contribution in [3.63, 3.8) is 0 Å². The Hall–Kier alpha value is -1.40. The molecule has 1 aliphatic heterocycles. The van der Waals surface area contributed by atoms with Gasteiger partial charge in [0.15, 0.2) is 5.82 Å². The van der Waals surface area contributed by atoms with Crippen molar-refractivity contribution in [3.05, 3.63) is 17.5 Å². The van der Waals surface area contributed by atoms with E-state index in [1.807, 2.05) is 20.8 Å². The number of halogens is 1. The van der Waals surface area contributed by atoms with Crippen LogP contribution in [0, 0.1) is 0 Å². The third kappa shape index (κ3) is 4.54. The predicted molar refractivity (Wildman–Crippen MR) is 81.6 cm³/mol. The Kier molecular flexibility index (Phi) is 5.00. The number of hydrogen-bond donors (Lipinski definition) is 1. The number of anilines is 1. The second kappa shape index (κ2) is 6.58. The second-order valence-corrected chi connectivity index (χ2v) is 6.42. The number of amides is 1. The average Bonchev–Trinajstić information content (AvgIpc) is 2.38. The molecule has 0 spiro atoms. The highest BCUT2D eigenvalue weighted by Crippen LogP contribution is 2.23. The molecule has 1 amide bonds. The molecule has 1 aromatic heterocycles. The third-order valence-electron chi connectivity index (χ3n) is 3.10. The Morgan fingerprint density at radius 1 is 1.38 bits per heavy atom. The van der Waals surface area contributed by atoms with E-state index in [9.17, 15) is 4.79 Å². The van der Waals surface area contributed by atoms with Crippen LogP contribution in [0.3, 0.4) is 0 Å². The van der Waals surface area contributed by atoms with Crippen molar-refractivity contribution >= 4 is 23.5 Å². The monoisotopic (exact) mass is 312 g/mol. The van der Waals surface area contributed by atoms with Crippen LogP contribution in [0.25, 0.3) is 0 Å². The van der Waals surface area contributed by atoms with Gasteiger partial charge in [0.2, 0.25) is 0 Å². The highest BCUT2D eigenvalue weighted by atomic mass is 35.5. The van der Waals surface area contributed by atoms with Gasteiger partial charge in [-0.25, -0.2) is 9.78 Å². The van der Waals surface area contributed by atoms with Crippen molar-refractivity contribution in [3.8, 4) is 0 Å². The fourth-order valence-electron chi connectivity index (χ4n) is 2.25.